The number of carbonyl (C=O) groups is 1. The van der Waals surface area contributed by atoms with Gasteiger partial charge >= 0.3 is 0 Å². The van der Waals surface area contributed by atoms with Crippen molar-refractivity contribution < 1.29 is 17.6 Å². The lowest BCUT2D eigenvalue weighted by Crippen LogP contribution is -2.26. The molecule has 2 N–H and O–H groups in total. The van der Waals surface area contributed by atoms with Gasteiger partial charge < -0.3 is 9.73 Å². The topological polar surface area (TPSA) is 88.4 Å². The lowest BCUT2D eigenvalue weighted by molar-refractivity contribution is -0.121. The van der Waals surface area contributed by atoms with Crippen molar-refractivity contribution in [3.63, 3.8) is 0 Å². The van der Waals surface area contributed by atoms with E-state index in [4.69, 9.17) is 4.42 Å². The molecule has 29 heavy (non-hydrogen) atoms. The highest BCUT2D eigenvalue weighted by molar-refractivity contribution is 7.89. The highest BCUT2D eigenvalue weighted by Crippen LogP contribution is 2.17. The van der Waals surface area contributed by atoms with E-state index in [1.54, 1.807) is 42.7 Å². The standard InChI is InChI=1S/C22H24N2O4S/c1-17(19-6-3-2-4-7-19)24-29(26,27)21-12-9-18(10-13-21)11-14-22(25)23-16-20-8-5-15-28-20/h2-10,12-13,15,17,24H,11,14,16H2,1H3,(H,23,25)/t17-/m0/s1. The van der Waals surface area contributed by atoms with Crippen molar-refractivity contribution in [1.29, 1.82) is 0 Å². The van der Waals surface area contributed by atoms with Crippen LogP contribution in [-0.2, 0) is 27.8 Å². The van der Waals surface area contributed by atoms with Crippen LogP contribution in [0, 0.1) is 0 Å². The zero-order valence-corrected chi connectivity index (χ0v) is 17.0. The van der Waals surface area contributed by atoms with Gasteiger partial charge in [0.15, 0.2) is 0 Å². The van der Waals surface area contributed by atoms with Crippen LogP contribution in [0.3, 0.4) is 0 Å². The highest BCUT2D eigenvalue weighted by Gasteiger charge is 2.18. The first kappa shape index (κ1) is 20.8. The first-order valence-electron chi connectivity index (χ1n) is 9.39. The monoisotopic (exact) mass is 412 g/mol. The number of nitrogens with one attached hydrogen (secondary N) is 2. The Morgan fingerprint density at radius 1 is 1.00 bits per heavy atom. The second-order valence-corrected chi connectivity index (χ2v) is 8.47. The molecule has 0 aliphatic carbocycles. The second-order valence-electron chi connectivity index (χ2n) is 6.75. The van der Waals surface area contributed by atoms with E-state index in [0.29, 0.717) is 25.1 Å². The van der Waals surface area contributed by atoms with Gasteiger partial charge in [0.25, 0.3) is 0 Å². The maximum atomic E-state index is 12.6. The van der Waals surface area contributed by atoms with Gasteiger partial charge in [-0.15, -0.1) is 0 Å². The number of furan rings is 1. The molecule has 1 aromatic heterocycles. The van der Waals surface area contributed by atoms with Crippen LogP contribution in [0.15, 0.2) is 82.3 Å². The summed E-state index contributed by atoms with van der Waals surface area (Å²) in [6.45, 7) is 2.16. The minimum absolute atomic E-state index is 0.0866. The van der Waals surface area contributed by atoms with Crippen LogP contribution in [0.25, 0.3) is 0 Å². The minimum atomic E-state index is -3.63. The lowest BCUT2D eigenvalue weighted by Gasteiger charge is -2.15. The molecular weight excluding hydrogens is 388 g/mol. The summed E-state index contributed by atoms with van der Waals surface area (Å²) in [7, 11) is -3.63. The number of hydrogen-bond acceptors (Lipinski definition) is 4. The van der Waals surface area contributed by atoms with Crippen molar-refractivity contribution in [2.45, 2.75) is 37.2 Å². The number of aryl methyl sites for hydroxylation is 1. The Balaban J connectivity index is 1.52. The molecule has 0 spiro atoms. The summed E-state index contributed by atoms with van der Waals surface area (Å²) in [6.07, 6.45) is 2.40. The Hall–Kier alpha value is -2.90. The first-order chi connectivity index (χ1) is 13.9. The number of benzene rings is 2. The highest BCUT2D eigenvalue weighted by atomic mass is 32.2. The maximum Gasteiger partial charge on any atom is 0.241 e. The molecule has 0 saturated carbocycles. The molecule has 152 valence electrons. The number of carbonyl (C=O) groups excluding carboxylic acids is 1. The van der Waals surface area contributed by atoms with Gasteiger partial charge in [-0.1, -0.05) is 42.5 Å². The fourth-order valence-electron chi connectivity index (χ4n) is 2.89. The molecule has 2 aromatic carbocycles. The van der Waals surface area contributed by atoms with Crippen LogP contribution in [0.4, 0.5) is 0 Å². The van der Waals surface area contributed by atoms with E-state index in [-0.39, 0.29) is 16.8 Å². The van der Waals surface area contributed by atoms with E-state index in [2.05, 4.69) is 10.0 Å². The minimum Gasteiger partial charge on any atom is -0.467 e. The average molecular weight is 413 g/mol. The quantitative estimate of drug-likeness (QED) is 0.562. The lowest BCUT2D eigenvalue weighted by atomic mass is 10.1. The van der Waals surface area contributed by atoms with Crippen molar-refractivity contribution in [3.05, 3.63) is 89.9 Å². The van der Waals surface area contributed by atoms with E-state index < -0.39 is 10.0 Å². The van der Waals surface area contributed by atoms with E-state index in [1.807, 2.05) is 37.3 Å². The molecule has 7 heteroatoms. The summed E-state index contributed by atoms with van der Waals surface area (Å²) in [6, 6.07) is 19.2. The van der Waals surface area contributed by atoms with Crippen LogP contribution in [0.1, 0.15) is 36.3 Å². The third kappa shape index (κ3) is 6.04. The van der Waals surface area contributed by atoms with Crippen LogP contribution in [0.5, 0.6) is 0 Å². The molecule has 0 aliphatic rings. The van der Waals surface area contributed by atoms with Crippen molar-refractivity contribution >= 4 is 15.9 Å². The van der Waals surface area contributed by atoms with Gasteiger partial charge in [-0.3, -0.25) is 4.79 Å². The van der Waals surface area contributed by atoms with E-state index in [0.717, 1.165) is 11.1 Å². The average Bonchev–Trinajstić information content (AvgIpc) is 3.25. The Bertz CT molecular complexity index is 1010. The smallest absolute Gasteiger partial charge is 0.241 e. The van der Waals surface area contributed by atoms with Crippen LogP contribution in [-0.4, -0.2) is 14.3 Å². The summed E-state index contributed by atoms with van der Waals surface area (Å²) in [5, 5.41) is 2.79. The molecule has 6 nitrogen and oxygen atoms in total. The van der Waals surface area contributed by atoms with Crippen molar-refractivity contribution in [1.82, 2.24) is 10.0 Å². The Morgan fingerprint density at radius 2 is 1.72 bits per heavy atom. The van der Waals surface area contributed by atoms with Gasteiger partial charge in [0.05, 0.1) is 17.7 Å². The fraction of sp³-hybridized carbons (Fsp3) is 0.227. The Morgan fingerprint density at radius 3 is 2.38 bits per heavy atom. The Kier molecular flexibility index (Phi) is 6.85. The van der Waals surface area contributed by atoms with Gasteiger partial charge in [-0.05, 0) is 48.7 Å². The number of hydrogen-bond donors (Lipinski definition) is 2. The zero-order chi connectivity index (χ0) is 20.7. The summed E-state index contributed by atoms with van der Waals surface area (Å²) < 4.78 is 33.1. The normalized spacial score (nSPS) is 12.4. The molecule has 1 atom stereocenters. The van der Waals surface area contributed by atoms with Gasteiger partial charge in [0.1, 0.15) is 5.76 Å². The molecule has 3 rings (SSSR count). The van der Waals surface area contributed by atoms with Gasteiger partial charge in [-0.2, -0.15) is 0 Å². The maximum absolute atomic E-state index is 12.6. The van der Waals surface area contributed by atoms with Crippen molar-refractivity contribution in [2.24, 2.45) is 0 Å². The van der Waals surface area contributed by atoms with Crippen molar-refractivity contribution in [2.75, 3.05) is 0 Å². The second kappa shape index (κ2) is 9.54. The third-order valence-electron chi connectivity index (χ3n) is 4.55. The molecular formula is C22H24N2O4S. The van der Waals surface area contributed by atoms with Crippen LogP contribution >= 0.6 is 0 Å². The zero-order valence-electron chi connectivity index (χ0n) is 16.2. The van der Waals surface area contributed by atoms with Crippen LogP contribution in [0.2, 0.25) is 0 Å². The molecule has 3 aromatic rings. The number of amides is 1. The number of sulfonamides is 1. The molecule has 0 unspecified atom stereocenters. The summed E-state index contributed by atoms with van der Waals surface area (Å²) in [5.74, 6) is 0.613. The van der Waals surface area contributed by atoms with Gasteiger partial charge in [0, 0.05) is 12.5 Å². The molecule has 0 bridgehead atoms. The largest absolute Gasteiger partial charge is 0.467 e. The van der Waals surface area contributed by atoms with Gasteiger partial charge in [0.2, 0.25) is 15.9 Å². The predicted molar refractivity (Wildman–Crippen MR) is 110 cm³/mol. The van der Waals surface area contributed by atoms with Crippen molar-refractivity contribution in [3.8, 4) is 0 Å². The SMILES string of the molecule is C[C@H](NS(=O)(=O)c1ccc(CCC(=O)NCc2ccco2)cc1)c1ccccc1. The molecule has 1 amide bonds. The summed E-state index contributed by atoms with van der Waals surface area (Å²) in [4.78, 5) is 12.1. The van der Waals surface area contributed by atoms with E-state index >= 15 is 0 Å². The van der Waals surface area contributed by atoms with Crippen LogP contribution < -0.4 is 10.0 Å². The Labute approximate surface area is 171 Å². The summed E-state index contributed by atoms with van der Waals surface area (Å²) >= 11 is 0. The molecule has 0 radical (unpaired) electrons. The first-order valence-corrected chi connectivity index (χ1v) is 10.9. The molecule has 0 saturated heterocycles. The molecule has 1 heterocycles. The molecule has 0 fully saturated rings. The van der Waals surface area contributed by atoms with E-state index in [1.165, 1.54) is 0 Å². The fourth-order valence-corrected chi connectivity index (χ4v) is 4.12. The number of rotatable bonds is 9. The third-order valence-corrected chi connectivity index (χ3v) is 6.10. The summed E-state index contributed by atoms with van der Waals surface area (Å²) in [5.41, 5.74) is 1.79. The van der Waals surface area contributed by atoms with Gasteiger partial charge in [-0.25, -0.2) is 13.1 Å². The predicted octanol–water partition coefficient (Wildman–Crippen LogP) is 3.57. The van der Waals surface area contributed by atoms with E-state index in [9.17, 15) is 13.2 Å². The molecule has 0 aliphatic heterocycles.